The first-order chi connectivity index (χ1) is 14.5. The zero-order valence-electron chi connectivity index (χ0n) is 19.6. The van der Waals surface area contributed by atoms with Crippen molar-refractivity contribution < 1.29 is 5.11 Å². The van der Waals surface area contributed by atoms with E-state index in [0.29, 0.717) is 17.3 Å². The number of phenolic OH excluding ortho intramolecular Hbond substituents is 1. The van der Waals surface area contributed by atoms with E-state index in [1.165, 1.54) is 0 Å². The van der Waals surface area contributed by atoms with Gasteiger partial charge in [0.2, 0.25) is 0 Å². The van der Waals surface area contributed by atoms with Crippen molar-refractivity contribution in [1.82, 2.24) is 20.1 Å². The van der Waals surface area contributed by atoms with Crippen molar-refractivity contribution in [3.63, 3.8) is 0 Å². The number of rotatable bonds is 3. The van der Waals surface area contributed by atoms with Crippen molar-refractivity contribution in [3.05, 3.63) is 42.1 Å². The largest absolute Gasteiger partial charge is 0.507 e. The minimum Gasteiger partial charge on any atom is -0.507 e. The lowest BCUT2D eigenvalue weighted by Gasteiger charge is -2.55. The molecule has 1 aromatic carbocycles. The Morgan fingerprint density at radius 3 is 2.29 bits per heavy atom. The zero-order valence-corrected chi connectivity index (χ0v) is 19.6. The van der Waals surface area contributed by atoms with E-state index in [1.807, 2.05) is 37.3 Å². The van der Waals surface area contributed by atoms with E-state index in [9.17, 15) is 5.11 Å². The molecule has 0 amide bonds. The van der Waals surface area contributed by atoms with Crippen LogP contribution in [0.5, 0.6) is 5.75 Å². The van der Waals surface area contributed by atoms with Crippen molar-refractivity contribution in [2.45, 2.75) is 64.6 Å². The van der Waals surface area contributed by atoms with Gasteiger partial charge in [-0.3, -0.25) is 9.88 Å². The standard InChI is InChI=1S/C25H33N5O/c1-16-8-9-17-12-22(31)19(13-21(17)26-16)20-10-11-23(28-27-20)29(6)18-14-24(2,3)30(7)25(4,5)15-18/h8-13,18,31H,14-15H2,1-7H3. The molecule has 6 heteroatoms. The average molecular weight is 420 g/mol. The Morgan fingerprint density at radius 2 is 1.68 bits per heavy atom. The van der Waals surface area contributed by atoms with Crippen LogP contribution in [0.4, 0.5) is 5.82 Å². The van der Waals surface area contributed by atoms with Crippen LogP contribution < -0.4 is 4.90 Å². The topological polar surface area (TPSA) is 65.4 Å². The number of anilines is 1. The fourth-order valence-electron chi connectivity index (χ4n) is 4.90. The number of phenols is 1. The van der Waals surface area contributed by atoms with Crippen molar-refractivity contribution >= 4 is 16.7 Å². The Hall–Kier alpha value is -2.73. The van der Waals surface area contributed by atoms with Gasteiger partial charge in [-0.15, -0.1) is 10.2 Å². The van der Waals surface area contributed by atoms with Crippen molar-refractivity contribution in [1.29, 1.82) is 0 Å². The third-order valence-electron chi connectivity index (χ3n) is 7.07. The zero-order chi connectivity index (χ0) is 22.6. The Kier molecular flexibility index (Phi) is 5.16. The highest BCUT2D eigenvalue weighted by molar-refractivity contribution is 5.87. The molecule has 3 aromatic rings. The van der Waals surface area contributed by atoms with E-state index in [2.05, 4.69) is 66.8 Å². The molecule has 1 N–H and O–H groups in total. The second-order valence-electron chi connectivity index (χ2n) is 10.1. The van der Waals surface area contributed by atoms with Gasteiger partial charge in [-0.1, -0.05) is 6.07 Å². The third-order valence-corrected chi connectivity index (χ3v) is 7.07. The quantitative estimate of drug-likeness (QED) is 0.658. The third kappa shape index (κ3) is 3.97. The summed E-state index contributed by atoms with van der Waals surface area (Å²) in [6.45, 7) is 11.2. The molecule has 2 aromatic heterocycles. The summed E-state index contributed by atoms with van der Waals surface area (Å²) in [7, 11) is 4.32. The number of aromatic nitrogens is 3. The normalized spacial score (nSPS) is 18.9. The first kappa shape index (κ1) is 21.5. The van der Waals surface area contributed by atoms with Crippen molar-refractivity contribution in [2.24, 2.45) is 0 Å². The lowest BCUT2D eigenvalue weighted by atomic mass is 9.77. The van der Waals surface area contributed by atoms with Crippen LogP contribution in [0.15, 0.2) is 36.4 Å². The average Bonchev–Trinajstić information content (AvgIpc) is 2.71. The van der Waals surface area contributed by atoms with Gasteiger partial charge in [-0.2, -0.15) is 0 Å². The van der Waals surface area contributed by atoms with Crippen LogP contribution in [0.3, 0.4) is 0 Å². The van der Waals surface area contributed by atoms with Gasteiger partial charge in [-0.05, 0) is 84.8 Å². The SMILES string of the molecule is Cc1ccc2cc(O)c(-c3ccc(N(C)C4CC(C)(C)N(C)C(C)(C)C4)nn3)cc2n1. The second-order valence-corrected chi connectivity index (χ2v) is 10.1. The Balaban J connectivity index is 1.61. The fraction of sp³-hybridized carbons (Fsp3) is 0.480. The maximum absolute atomic E-state index is 10.5. The van der Waals surface area contributed by atoms with E-state index in [4.69, 9.17) is 0 Å². The molecule has 0 saturated carbocycles. The number of fused-ring (bicyclic) bond motifs is 1. The minimum absolute atomic E-state index is 0.107. The second kappa shape index (κ2) is 7.45. The number of piperidine rings is 1. The van der Waals surface area contributed by atoms with Crippen LogP contribution in [0.1, 0.15) is 46.2 Å². The smallest absolute Gasteiger partial charge is 0.151 e. The molecule has 1 saturated heterocycles. The minimum atomic E-state index is 0.107. The van der Waals surface area contributed by atoms with Gasteiger partial charge < -0.3 is 10.0 Å². The molecule has 0 spiro atoms. The highest BCUT2D eigenvalue weighted by atomic mass is 16.3. The lowest BCUT2D eigenvalue weighted by molar-refractivity contribution is -0.0120. The number of nitrogens with zero attached hydrogens (tertiary/aromatic N) is 5. The molecule has 6 nitrogen and oxygen atoms in total. The fourth-order valence-corrected chi connectivity index (χ4v) is 4.90. The van der Waals surface area contributed by atoms with Crippen LogP contribution in [-0.4, -0.2) is 56.4 Å². The molecule has 3 heterocycles. The van der Waals surface area contributed by atoms with Gasteiger partial charge in [-0.25, -0.2) is 0 Å². The number of aryl methyl sites for hydroxylation is 1. The van der Waals surface area contributed by atoms with Gasteiger partial charge in [0.05, 0.1) is 11.2 Å². The molecule has 0 radical (unpaired) electrons. The van der Waals surface area contributed by atoms with E-state index in [1.54, 1.807) is 6.07 Å². The van der Waals surface area contributed by atoms with Gasteiger partial charge in [0, 0.05) is 40.8 Å². The Bertz CT molecular complexity index is 1090. The summed E-state index contributed by atoms with van der Waals surface area (Å²) in [5.41, 5.74) is 3.28. The predicted octanol–water partition coefficient (Wildman–Crippen LogP) is 4.79. The number of likely N-dealkylation sites (tertiary alicyclic amines) is 1. The maximum Gasteiger partial charge on any atom is 0.151 e. The number of benzene rings is 1. The number of pyridine rings is 1. The molecule has 0 bridgehead atoms. The summed E-state index contributed by atoms with van der Waals surface area (Å²) in [5.74, 6) is 1.03. The molecule has 31 heavy (non-hydrogen) atoms. The first-order valence-corrected chi connectivity index (χ1v) is 10.9. The maximum atomic E-state index is 10.5. The predicted molar refractivity (Wildman–Crippen MR) is 127 cm³/mol. The highest BCUT2D eigenvalue weighted by Gasteiger charge is 2.44. The summed E-state index contributed by atoms with van der Waals surface area (Å²) >= 11 is 0. The number of hydrogen-bond acceptors (Lipinski definition) is 6. The Labute approximate surface area is 184 Å². The summed E-state index contributed by atoms with van der Waals surface area (Å²) in [6, 6.07) is 11.8. The van der Waals surface area contributed by atoms with Crippen LogP contribution in [0, 0.1) is 6.92 Å². The molecular formula is C25H33N5O. The molecule has 4 rings (SSSR count). The van der Waals surface area contributed by atoms with Crippen LogP contribution >= 0.6 is 0 Å². The molecule has 1 aliphatic rings. The number of aromatic hydroxyl groups is 1. The Morgan fingerprint density at radius 1 is 1.00 bits per heavy atom. The van der Waals surface area contributed by atoms with Crippen LogP contribution in [0.25, 0.3) is 22.2 Å². The molecular weight excluding hydrogens is 386 g/mol. The summed E-state index contributed by atoms with van der Waals surface area (Å²) in [4.78, 5) is 9.30. The van der Waals surface area contributed by atoms with Crippen molar-refractivity contribution in [2.75, 3.05) is 19.0 Å². The van der Waals surface area contributed by atoms with Gasteiger partial charge in [0.15, 0.2) is 5.82 Å². The van der Waals surface area contributed by atoms with E-state index >= 15 is 0 Å². The summed E-state index contributed by atoms with van der Waals surface area (Å²) in [6.07, 6.45) is 2.12. The molecule has 164 valence electrons. The van der Waals surface area contributed by atoms with E-state index < -0.39 is 0 Å². The van der Waals surface area contributed by atoms with Crippen molar-refractivity contribution in [3.8, 4) is 17.0 Å². The lowest BCUT2D eigenvalue weighted by Crippen LogP contribution is -2.62. The molecule has 0 unspecified atom stereocenters. The molecule has 0 aliphatic carbocycles. The van der Waals surface area contributed by atoms with Gasteiger partial charge in [0.1, 0.15) is 5.75 Å². The first-order valence-electron chi connectivity index (χ1n) is 10.9. The van der Waals surface area contributed by atoms with E-state index in [-0.39, 0.29) is 16.8 Å². The summed E-state index contributed by atoms with van der Waals surface area (Å²) < 4.78 is 0. The molecule has 1 fully saturated rings. The monoisotopic (exact) mass is 419 g/mol. The van der Waals surface area contributed by atoms with Crippen LogP contribution in [-0.2, 0) is 0 Å². The molecule has 0 atom stereocenters. The van der Waals surface area contributed by atoms with Crippen LogP contribution in [0.2, 0.25) is 0 Å². The number of hydrogen-bond donors (Lipinski definition) is 1. The molecule has 1 aliphatic heterocycles. The van der Waals surface area contributed by atoms with Gasteiger partial charge in [0.25, 0.3) is 0 Å². The van der Waals surface area contributed by atoms with Gasteiger partial charge >= 0.3 is 0 Å². The summed E-state index contributed by atoms with van der Waals surface area (Å²) in [5, 5.41) is 20.4. The highest BCUT2D eigenvalue weighted by Crippen LogP contribution is 2.39. The van der Waals surface area contributed by atoms with E-state index in [0.717, 1.165) is 35.3 Å².